The molecule has 0 spiro atoms. The van der Waals surface area contributed by atoms with E-state index in [1.165, 1.54) is 0 Å². The first kappa shape index (κ1) is 22.3. The van der Waals surface area contributed by atoms with Crippen molar-refractivity contribution in [3.05, 3.63) is 23.0 Å². The molecule has 3 nitrogen and oxygen atoms in total. The van der Waals surface area contributed by atoms with Gasteiger partial charge in [0.25, 0.3) is 0 Å². The Morgan fingerprint density at radius 1 is 1.20 bits per heavy atom. The van der Waals surface area contributed by atoms with Crippen LogP contribution in [0.15, 0.2) is 21.4 Å². The Morgan fingerprint density at radius 2 is 1.88 bits per heavy atom. The topological polar surface area (TPSA) is 35.3 Å². The van der Waals surface area contributed by atoms with Gasteiger partial charge < -0.3 is 9.15 Å². The number of halogens is 1. The zero-order valence-electron chi connectivity index (χ0n) is 16.6. The lowest BCUT2D eigenvalue weighted by Crippen LogP contribution is -2.10. The lowest BCUT2D eigenvalue weighted by molar-refractivity contribution is 0.189. The van der Waals surface area contributed by atoms with Crippen molar-refractivity contribution in [3.63, 3.8) is 0 Å². The van der Waals surface area contributed by atoms with Crippen LogP contribution in [0.2, 0.25) is 5.02 Å². The van der Waals surface area contributed by atoms with Crippen molar-refractivity contribution in [2.24, 2.45) is 5.92 Å². The summed E-state index contributed by atoms with van der Waals surface area (Å²) in [7, 11) is 0. The normalized spacial score (nSPS) is 16.9. The molecular weight excluding hydrogens is 354 g/mol. The molecule has 5 heteroatoms. The largest absolute Gasteiger partial charge is 0.439 e. The van der Waals surface area contributed by atoms with Crippen LogP contribution < -0.4 is 0 Å². The summed E-state index contributed by atoms with van der Waals surface area (Å²) in [5.74, 6) is 2.36. The lowest BCUT2D eigenvalue weighted by atomic mass is 9.97. The molecule has 3 rings (SSSR count). The van der Waals surface area contributed by atoms with Gasteiger partial charge >= 0.3 is 0 Å². The molecule has 2 aromatic rings. The maximum Gasteiger partial charge on any atom is 0.200 e. The summed E-state index contributed by atoms with van der Waals surface area (Å²) in [6, 6.07) is 3.84. The second-order valence-electron chi connectivity index (χ2n) is 6.53. The van der Waals surface area contributed by atoms with Gasteiger partial charge in [0.1, 0.15) is 5.52 Å². The highest BCUT2D eigenvalue weighted by Gasteiger charge is 2.24. The van der Waals surface area contributed by atoms with E-state index < -0.39 is 0 Å². The quantitative estimate of drug-likeness (QED) is 0.535. The molecule has 1 aliphatic rings. The zero-order chi connectivity index (χ0) is 19.0. The van der Waals surface area contributed by atoms with Crippen molar-refractivity contribution < 1.29 is 9.15 Å². The highest BCUT2D eigenvalue weighted by atomic mass is 35.5. The monoisotopic (exact) mass is 385 g/mol. The Bertz CT molecular complexity index is 643. The number of nitrogens with zero attached hydrogens (tertiary/aromatic N) is 1. The molecule has 0 amide bonds. The van der Waals surface area contributed by atoms with E-state index >= 15 is 0 Å². The lowest BCUT2D eigenvalue weighted by Gasteiger charge is -2.12. The van der Waals surface area contributed by atoms with Crippen LogP contribution in [0.1, 0.15) is 60.8 Å². The Hall–Kier alpha value is -0.710. The van der Waals surface area contributed by atoms with Gasteiger partial charge in [-0.1, -0.05) is 60.1 Å². The number of rotatable bonds is 3. The van der Waals surface area contributed by atoms with E-state index in [0.29, 0.717) is 5.92 Å². The number of fused-ring (bicyclic) bond motifs is 1. The van der Waals surface area contributed by atoms with Crippen LogP contribution in [0.5, 0.6) is 0 Å². The van der Waals surface area contributed by atoms with Crippen LogP contribution >= 0.6 is 23.4 Å². The van der Waals surface area contributed by atoms with Crippen LogP contribution in [0, 0.1) is 5.92 Å². The predicted octanol–water partition coefficient (Wildman–Crippen LogP) is 6.96. The van der Waals surface area contributed by atoms with Gasteiger partial charge in [-0.25, -0.2) is 4.98 Å². The number of ether oxygens (including phenoxy) is 1. The van der Waals surface area contributed by atoms with E-state index in [-0.39, 0.29) is 5.41 Å². The van der Waals surface area contributed by atoms with E-state index in [0.717, 1.165) is 52.3 Å². The van der Waals surface area contributed by atoms with Crippen LogP contribution in [-0.4, -0.2) is 24.0 Å². The molecular formula is C20H32ClNO2S. The van der Waals surface area contributed by atoms with Crippen molar-refractivity contribution >= 4 is 34.5 Å². The molecule has 25 heavy (non-hydrogen) atoms. The number of benzene rings is 1. The molecule has 142 valence electrons. The molecule has 0 saturated carbocycles. The smallest absolute Gasteiger partial charge is 0.200 e. The van der Waals surface area contributed by atoms with Crippen molar-refractivity contribution in [3.8, 4) is 0 Å². The van der Waals surface area contributed by atoms with Crippen LogP contribution in [-0.2, 0) is 10.2 Å². The van der Waals surface area contributed by atoms with Gasteiger partial charge in [-0.15, -0.1) is 11.8 Å². The summed E-state index contributed by atoms with van der Waals surface area (Å²) in [6.07, 6.45) is 1.13. The van der Waals surface area contributed by atoms with Gasteiger partial charge in [0, 0.05) is 17.8 Å². The van der Waals surface area contributed by atoms with Crippen molar-refractivity contribution in [1.82, 2.24) is 4.98 Å². The minimum Gasteiger partial charge on any atom is -0.439 e. The zero-order valence-corrected chi connectivity index (χ0v) is 18.2. The van der Waals surface area contributed by atoms with E-state index in [1.807, 2.05) is 39.8 Å². The first-order valence-electron chi connectivity index (χ1n) is 9.25. The first-order valence-corrected chi connectivity index (χ1v) is 10.6. The summed E-state index contributed by atoms with van der Waals surface area (Å²) in [5.41, 5.74) is 1.60. The molecule has 1 aromatic heterocycles. The molecule has 1 unspecified atom stereocenters. The standard InChI is InChI=1S/C16H20ClNO2S.2C2H6/c1-16(2,3)15-18-12-5-4-11(17)14(13(12)20-15)21-9-10-6-7-19-8-10;2*1-2/h4-5,10H,6-9H2,1-3H3;2*1-2H3. The second-order valence-corrected chi connectivity index (χ2v) is 7.97. The van der Waals surface area contributed by atoms with Gasteiger partial charge in [0.15, 0.2) is 5.58 Å². The van der Waals surface area contributed by atoms with E-state index in [4.69, 9.17) is 20.8 Å². The molecule has 0 bridgehead atoms. The fraction of sp³-hybridized carbons (Fsp3) is 0.650. The Kier molecular flexibility index (Phi) is 9.33. The fourth-order valence-corrected chi connectivity index (χ4v) is 3.78. The Labute approximate surface area is 161 Å². The Morgan fingerprint density at radius 3 is 2.44 bits per heavy atom. The SMILES string of the molecule is CC.CC.CC(C)(C)c1nc2ccc(Cl)c(SCC3CCOC3)c2o1. The van der Waals surface area contributed by atoms with Crippen LogP contribution in [0.25, 0.3) is 11.1 Å². The summed E-state index contributed by atoms with van der Waals surface area (Å²) in [5, 5.41) is 0.739. The molecule has 1 fully saturated rings. The molecule has 0 radical (unpaired) electrons. The number of hydrogen-bond donors (Lipinski definition) is 0. The third-order valence-corrected chi connectivity index (χ3v) is 5.35. The molecule has 1 aliphatic heterocycles. The summed E-state index contributed by atoms with van der Waals surface area (Å²) in [6.45, 7) is 16.0. The summed E-state index contributed by atoms with van der Waals surface area (Å²) >= 11 is 8.12. The summed E-state index contributed by atoms with van der Waals surface area (Å²) in [4.78, 5) is 5.61. The third kappa shape index (κ3) is 5.90. The minimum atomic E-state index is -0.104. The molecule has 2 heterocycles. The van der Waals surface area contributed by atoms with Gasteiger partial charge in [-0.2, -0.15) is 0 Å². The van der Waals surface area contributed by atoms with Gasteiger partial charge in [0.2, 0.25) is 5.89 Å². The predicted molar refractivity (Wildman–Crippen MR) is 110 cm³/mol. The van der Waals surface area contributed by atoms with Crippen molar-refractivity contribution in [1.29, 1.82) is 0 Å². The first-order chi connectivity index (χ1) is 11.9. The summed E-state index contributed by atoms with van der Waals surface area (Å²) < 4.78 is 11.4. The maximum atomic E-state index is 6.37. The number of thioether (sulfide) groups is 1. The van der Waals surface area contributed by atoms with Gasteiger partial charge in [-0.3, -0.25) is 0 Å². The van der Waals surface area contributed by atoms with Gasteiger partial charge in [0.05, 0.1) is 16.5 Å². The number of oxazole rings is 1. The minimum absolute atomic E-state index is 0.104. The van der Waals surface area contributed by atoms with Crippen LogP contribution in [0.3, 0.4) is 0 Å². The number of hydrogen-bond acceptors (Lipinski definition) is 4. The van der Waals surface area contributed by atoms with Crippen LogP contribution in [0.4, 0.5) is 0 Å². The third-order valence-electron chi connectivity index (χ3n) is 3.59. The molecule has 1 atom stereocenters. The molecule has 0 N–H and O–H groups in total. The van der Waals surface area contributed by atoms with E-state index in [9.17, 15) is 0 Å². The molecule has 0 aliphatic carbocycles. The van der Waals surface area contributed by atoms with Gasteiger partial charge in [-0.05, 0) is 24.5 Å². The Balaban J connectivity index is 0.000000730. The average Bonchev–Trinajstić information content (AvgIpc) is 3.26. The molecule has 1 aromatic carbocycles. The highest BCUT2D eigenvalue weighted by Crippen LogP contribution is 2.38. The van der Waals surface area contributed by atoms with Crippen molar-refractivity contribution in [2.45, 2.75) is 65.2 Å². The second kappa shape index (κ2) is 10.4. The van der Waals surface area contributed by atoms with E-state index in [1.54, 1.807) is 11.8 Å². The maximum absolute atomic E-state index is 6.37. The fourth-order valence-electron chi connectivity index (χ4n) is 2.32. The average molecular weight is 386 g/mol. The molecule has 1 saturated heterocycles. The number of aromatic nitrogens is 1. The van der Waals surface area contributed by atoms with E-state index in [2.05, 4.69) is 25.8 Å². The van der Waals surface area contributed by atoms with Crippen molar-refractivity contribution in [2.75, 3.05) is 19.0 Å². The highest BCUT2D eigenvalue weighted by molar-refractivity contribution is 7.99.